The molecule has 0 bridgehead atoms. The summed E-state index contributed by atoms with van der Waals surface area (Å²) in [5.41, 5.74) is -1.10. The average Bonchev–Trinajstić information content (AvgIpc) is 2.35. The van der Waals surface area contributed by atoms with Crippen molar-refractivity contribution in [1.82, 2.24) is 0 Å². The van der Waals surface area contributed by atoms with Crippen LogP contribution in [0, 0.1) is 6.85 Å². The molecule has 0 N–H and O–H groups in total. The van der Waals surface area contributed by atoms with Crippen LogP contribution in [0.4, 0.5) is 0 Å². The predicted molar refractivity (Wildman–Crippen MR) is 58.1 cm³/mol. The summed E-state index contributed by atoms with van der Waals surface area (Å²) in [7, 11) is -4.94. The van der Waals surface area contributed by atoms with E-state index in [2.05, 4.69) is 20.1 Å². The maximum atomic E-state index is 12.2. The molecule has 0 amide bonds. The van der Waals surface area contributed by atoms with Crippen molar-refractivity contribution in [2.75, 3.05) is 11.9 Å². The number of halogens is 1. The van der Waals surface area contributed by atoms with E-state index < -0.39 is 63.5 Å². The maximum absolute atomic E-state index is 12.2. The second-order valence-corrected chi connectivity index (χ2v) is 4.17. The van der Waals surface area contributed by atoms with Crippen LogP contribution in [-0.2, 0) is 14.3 Å². The van der Waals surface area contributed by atoms with E-state index in [0.717, 1.165) is 0 Å². The van der Waals surface area contributed by atoms with Crippen LogP contribution in [0.5, 0.6) is 0 Å². The second-order valence-electron chi connectivity index (χ2n) is 2.05. The number of rotatable bonds is 4. The van der Waals surface area contributed by atoms with Gasteiger partial charge in [0.1, 0.15) is 0 Å². The summed E-state index contributed by atoms with van der Waals surface area (Å²) in [6, 6.07) is -3.94. The molecule has 0 fully saturated rings. The molecule has 0 spiro atoms. The van der Waals surface area contributed by atoms with Crippen LogP contribution in [0.15, 0.2) is 29.1 Å². The minimum atomic E-state index is -4.94. The second kappa shape index (κ2) is 4.91. The SMILES string of the molecule is [2H]c1c([2H])c([2H])c(S(=O)(=O)OCC([2H])([2H])Br)c(C([2H])([2H])[2H])c1[2H]. The molecule has 1 aromatic carbocycles. The molecule has 0 aliphatic heterocycles. The molecule has 5 heteroatoms. The Bertz CT molecular complexity index is 723. The van der Waals surface area contributed by atoms with Crippen LogP contribution in [-0.4, -0.2) is 20.3 Å². The van der Waals surface area contributed by atoms with Crippen molar-refractivity contribution in [2.45, 2.75) is 11.7 Å². The van der Waals surface area contributed by atoms with Gasteiger partial charge in [0.25, 0.3) is 10.1 Å². The monoisotopic (exact) mass is 287 g/mol. The van der Waals surface area contributed by atoms with Gasteiger partial charge in [-0.1, -0.05) is 34.1 Å². The molecule has 0 saturated heterocycles. The maximum Gasteiger partial charge on any atom is 0.297 e. The highest BCUT2D eigenvalue weighted by Gasteiger charge is 2.16. The third-order valence-electron chi connectivity index (χ3n) is 1.17. The van der Waals surface area contributed by atoms with Gasteiger partial charge in [0.05, 0.1) is 17.0 Å². The summed E-state index contributed by atoms with van der Waals surface area (Å²) in [6.07, 6.45) is 0. The van der Waals surface area contributed by atoms with Gasteiger partial charge < -0.3 is 0 Å². The van der Waals surface area contributed by atoms with Crippen molar-refractivity contribution in [3.8, 4) is 0 Å². The lowest BCUT2D eigenvalue weighted by Gasteiger charge is -2.06. The highest BCUT2D eigenvalue weighted by molar-refractivity contribution is 9.09. The third-order valence-corrected chi connectivity index (χ3v) is 2.63. The van der Waals surface area contributed by atoms with Gasteiger partial charge in [0, 0.05) is 12.1 Å². The van der Waals surface area contributed by atoms with Crippen molar-refractivity contribution < 1.29 is 24.9 Å². The highest BCUT2D eigenvalue weighted by atomic mass is 79.9. The molecule has 0 aliphatic rings. The molecule has 1 rings (SSSR count). The lowest BCUT2D eigenvalue weighted by atomic mass is 10.2. The summed E-state index contributed by atoms with van der Waals surface area (Å²) in [5, 5.41) is -2.23. The lowest BCUT2D eigenvalue weighted by molar-refractivity contribution is 0.342. The zero-order chi connectivity index (χ0) is 18.4. The minimum absolute atomic E-state index is 0.893. The van der Waals surface area contributed by atoms with E-state index in [1.54, 1.807) is 0 Å². The zero-order valence-corrected chi connectivity index (χ0v) is 9.12. The number of alkyl halides is 1. The lowest BCUT2D eigenvalue weighted by Crippen LogP contribution is -2.09. The molecule has 3 nitrogen and oxygen atoms in total. The Morgan fingerprint density at radius 2 is 2.36 bits per heavy atom. The molecule has 1 aromatic rings. The molecule has 0 heterocycles. The quantitative estimate of drug-likeness (QED) is 0.629. The summed E-state index contributed by atoms with van der Waals surface area (Å²) < 4.78 is 95.3. The van der Waals surface area contributed by atoms with Gasteiger partial charge in [0.2, 0.25) is 0 Å². The van der Waals surface area contributed by atoms with Gasteiger partial charge in [0.15, 0.2) is 0 Å². The van der Waals surface area contributed by atoms with E-state index in [1.165, 1.54) is 0 Å². The molecular weight excluding hydrogens is 268 g/mol. The Balaban J connectivity index is 3.70. The van der Waals surface area contributed by atoms with Crippen LogP contribution in [0.1, 0.15) is 17.9 Å². The van der Waals surface area contributed by atoms with E-state index in [9.17, 15) is 8.42 Å². The van der Waals surface area contributed by atoms with E-state index >= 15 is 0 Å². The van der Waals surface area contributed by atoms with Crippen molar-refractivity contribution in [2.24, 2.45) is 0 Å². The molecule has 0 aromatic heterocycles. The molecule has 0 unspecified atom stereocenters. The highest BCUT2D eigenvalue weighted by Crippen LogP contribution is 2.16. The largest absolute Gasteiger partial charge is 0.297 e. The fraction of sp³-hybridized carbons (Fsp3) is 0.333. The Morgan fingerprint density at radius 3 is 3.00 bits per heavy atom. The van der Waals surface area contributed by atoms with Gasteiger partial charge >= 0.3 is 0 Å². The Hall–Kier alpha value is -0.390. The Kier molecular flexibility index (Phi) is 1.48. The average molecular weight is 288 g/mol. The molecule has 0 radical (unpaired) electrons. The predicted octanol–water partition coefficient (Wildman–Crippen LogP) is 2.10. The van der Waals surface area contributed by atoms with Gasteiger partial charge in [-0.2, -0.15) is 8.42 Å². The van der Waals surface area contributed by atoms with Gasteiger partial charge in [-0.25, -0.2) is 0 Å². The van der Waals surface area contributed by atoms with Gasteiger partial charge in [-0.3, -0.25) is 4.18 Å². The number of benzene rings is 1. The number of hydrogen-bond donors (Lipinski definition) is 0. The van der Waals surface area contributed by atoms with Crippen LogP contribution >= 0.6 is 15.9 Å². The first kappa shape index (κ1) is 4.23. The van der Waals surface area contributed by atoms with Crippen molar-refractivity contribution in [1.29, 1.82) is 0 Å². The van der Waals surface area contributed by atoms with Crippen LogP contribution < -0.4 is 0 Å². The molecule has 0 saturated carbocycles. The Morgan fingerprint density at radius 1 is 1.64 bits per heavy atom. The molecule has 0 aliphatic carbocycles. The first-order valence-corrected chi connectivity index (χ1v) is 5.49. The summed E-state index contributed by atoms with van der Waals surface area (Å²) in [5.74, 6) is 0. The van der Waals surface area contributed by atoms with Crippen LogP contribution in [0.2, 0.25) is 0 Å². The van der Waals surface area contributed by atoms with E-state index in [1.807, 2.05) is 0 Å². The molecule has 78 valence electrons. The topological polar surface area (TPSA) is 43.4 Å². The van der Waals surface area contributed by atoms with Crippen LogP contribution in [0.3, 0.4) is 0 Å². The molecular formula is C9H11BrO3S. The van der Waals surface area contributed by atoms with E-state index in [0.29, 0.717) is 0 Å². The van der Waals surface area contributed by atoms with Crippen molar-refractivity contribution in [3.05, 3.63) is 29.7 Å². The smallest absolute Gasteiger partial charge is 0.265 e. The summed E-state index contributed by atoms with van der Waals surface area (Å²) in [4.78, 5) is -1.22. The molecule has 0 atom stereocenters. The minimum Gasteiger partial charge on any atom is -0.265 e. The normalized spacial score (nSPS) is 22.8. The third kappa shape index (κ3) is 2.80. The summed E-state index contributed by atoms with van der Waals surface area (Å²) >= 11 is 2.50. The first-order valence-electron chi connectivity index (χ1n) is 7.79. The first-order chi connectivity index (χ1) is 10.1. The van der Waals surface area contributed by atoms with E-state index in [4.69, 9.17) is 12.3 Å². The Labute approximate surface area is 105 Å². The van der Waals surface area contributed by atoms with Gasteiger partial charge in [-0.05, 0) is 18.5 Å². The standard InChI is InChI=1S/C9H11BrO3S/c1-8-4-2-3-5-9(8)14(11,12)13-7-6-10/h2-5H,6-7H2,1H3/i1D3,2D,3D,4D,5D,6D2. The summed E-state index contributed by atoms with van der Waals surface area (Å²) in [6.45, 7) is -4.16. The van der Waals surface area contributed by atoms with Crippen molar-refractivity contribution >= 4 is 26.0 Å². The van der Waals surface area contributed by atoms with Crippen molar-refractivity contribution in [3.63, 3.8) is 0 Å². The van der Waals surface area contributed by atoms with Gasteiger partial charge in [-0.15, -0.1) is 0 Å². The van der Waals surface area contributed by atoms with Crippen LogP contribution in [0.25, 0.3) is 0 Å². The fourth-order valence-corrected chi connectivity index (χ4v) is 1.72. The zero-order valence-electron chi connectivity index (χ0n) is 15.7. The van der Waals surface area contributed by atoms with E-state index in [-0.39, 0.29) is 0 Å². The number of hydrogen-bond acceptors (Lipinski definition) is 3. The fourth-order valence-electron chi connectivity index (χ4n) is 0.647. The molecule has 14 heavy (non-hydrogen) atoms.